The van der Waals surface area contributed by atoms with Gasteiger partial charge in [0, 0.05) is 23.7 Å². The summed E-state index contributed by atoms with van der Waals surface area (Å²) in [6.45, 7) is 5.45. The maximum Gasteiger partial charge on any atom is 0.221 e. The molecule has 2 aromatic carbocycles. The number of ether oxygens (including phenoxy) is 1. The van der Waals surface area contributed by atoms with E-state index in [4.69, 9.17) is 4.74 Å². The Morgan fingerprint density at radius 3 is 2.71 bits per heavy atom. The number of hydrogen-bond donors (Lipinski definition) is 1. The van der Waals surface area contributed by atoms with Crippen LogP contribution in [0.4, 0.5) is 5.69 Å². The third-order valence-electron chi connectivity index (χ3n) is 3.16. The largest absolute Gasteiger partial charge is 0.489 e. The molecule has 2 aromatic rings. The molecule has 1 amide bonds. The van der Waals surface area contributed by atoms with Crippen LogP contribution in [0.1, 0.15) is 22.8 Å². The number of amides is 1. The van der Waals surface area contributed by atoms with E-state index < -0.39 is 0 Å². The van der Waals surface area contributed by atoms with Crippen LogP contribution < -0.4 is 10.1 Å². The summed E-state index contributed by atoms with van der Waals surface area (Å²) in [4.78, 5) is 23.4. The third-order valence-corrected chi connectivity index (χ3v) is 3.16. The number of ketones is 1. The van der Waals surface area contributed by atoms with Crippen molar-refractivity contribution in [3.05, 3.63) is 78.4 Å². The SMILES string of the molecule is C=CCOc1ccccc1/C=C/C(=O)c1cccc(NC(C)=O)c1. The molecule has 0 saturated heterocycles. The first-order valence-corrected chi connectivity index (χ1v) is 7.53. The average molecular weight is 321 g/mol. The minimum atomic E-state index is -0.177. The van der Waals surface area contributed by atoms with Crippen molar-refractivity contribution in [1.82, 2.24) is 0 Å². The predicted molar refractivity (Wildman–Crippen MR) is 96.2 cm³/mol. The second-order valence-corrected chi connectivity index (χ2v) is 5.10. The van der Waals surface area contributed by atoms with Gasteiger partial charge in [-0.3, -0.25) is 9.59 Å². The van der Waals surface area contributed by atoms with Crippen LogP contribution in [0.25, 0.3) is 6.08 Å². The summed E-state index contributed by atoms with van der Waals surface area (Å²) >= 11 is 0. The summed E-state index contributed by atoms with van der Waals surface area (Å²) in [5, 5.41) is 2.66. The number of carbonyl (C=O) groups excluding carboxylic acids is 2. The molecule has 4 nitrogen and oxygen atoms in total. The van der Waals surface area contributed by atoms with Crippen LogP contribution in [-0.4, -0.2) is 18.3 Å². The van der Waals surface area contributed by atoms with Gasteiger partial charge in [-0.2, -0.15) is 0 Å². The van der Waals surface area contributed by atoms with E-state index in [-0.39, 0.29) is 11.7 Å². The number of allylic oxidation sites excluding steroid dienone is 1. The van der Waals surface area contributed by atoms with Crippen molar-refractivity contribution in [3.8, 4) is 5.75 Å². The van der Waals surface area contributed by atoms with E-state index in [1.807, 2.05) is 24.3 Å². The zero-order chi connectivity index (χ0) is 17.4. The molecule has 0 saturated carbocycles. The van der Waals surface area contributed by atoms with E-state index in [1.54, 1.807) is 36.4 Å². The summed E-state index contributed by atoms with van der Waals surface area (Å²) in [7, 11) is 0. The smallest absolute Gasteiger partial charge is 0.221 e. The van der Waals surface area contributed by atoms with Crippen molar-refractivity contribution in [1.29, 1.82) is 0 Å². The molecule has 0 heterocycles. The van der Waals surface area contributed by atoms with Gasteiger partial charge in [-0.15, -0.1) is 0 Å². The maximum atomic E-state index is 12.3. The fraction of sp³-hybridized carbons (Fsp3) is 0.100. The topological polar surface area (TPSA) is 55.4 Å². The molecule has 24 heavy (non-hydrogen) atoms. The average Bonchev–Trinajstić information content (AvgIpc) is 2.58. The number of anilines is 1. The Bertz CT molecular complexity index is 778. The van der Waals surface area contributed by atoms with E-state index in [0.29, 0.717) is 23.6 Å². The van der Waals surface area contributed by atoms with Gasteiger partial charge in [0.2, 0.25) is 5.91 Å². The monoisotopic (exact) mass is 321 g/mol. The van der Waals surface area contributed by atoms with Gasteiger partial charge in [0.15, 0.2) is 5.78 Å². The molecule has 122 valence electrons. The quantitative estimate of drug-likeness (QED) is 0.474. The van der Waals surface area contributed by atoms with Crippen LogP contribution in [0.5, 0.6) is 5.75 Å². The number of benzene rings is 2. The van der Waals surface area contributed by atoms with Gasteiger partial charge < -0.3 is 10.1 Å². The van der Waals surface area contributed by atoms with Crippen molar-refractivity contribution < 1.29 is 14.3 Å². The van der Waals surface area contributed by atoms with Crippen LogP contribution in [0, 0.1) is 0 Å². The highest BCUT2D eigenvalue weighted by molar-refractivity contribution is 6.07. The van der Waals surface area contributed by atoms with E-state index in [9.17, 15) is 9.59 Å². The summed E-state index contributed by atoms with van der Waals surface area (Å²) in [6, 6.07) is 14.3. The van der Waals surface area contributed by atoms with Crippen molar-refractivity contribution in [2.75, 3.05) is 11.9 Å². The molecular formula is C20H19NO3. The minimum Gasteiger partial charge on any atom is -0.489 e. The molecule has 0 aromatic heterocycles. The lowest BCUT2D eigenvalue weighted by atomic mass is 10.1. The van der Waals surface area contributed by atoms with Gasteiger partial charge >= 0.3 is 0 Å². The Labute approximate surface area is 141 Å². The second kappa shape index (κ2) is 8.48. The van der Waals surface area contributed by atoms with Gasteiger partial charge in [-0.1, -0.05) is 43.0 Å². The number of rotatable bonds is 7. The lowest BCUT2D eigenvalue weighted by molar-refractivity contribution is -0.114. The zero-order valence-electron chi connectivity index (χ0n) is 13.5. The van der Waals surface area contributed by atoms with E-state index in [1.165, 1.54) is 13.0 Å². The molecule has 0 radical (unpaired) electrons. The number of carbonyl (C=O) groups is 2. The van der Waals surface area contributed by atoms with Crippen LogP contribution >= 0.6 is 0 Å². The summed E-state index contributed by atoms with van der Waals surface area (Å²) in [5.74, 6) is 0.359. The summed E-state index contributed by atoms with van der Waals surface area (Å²) in [5.41, 5.74) is 1.91. The normalized spacial score (nSPS) is 10.4. The standard InChI is InChI=1S/C20H19NO3/c1-3-13-24-20-10-5-4-7-16(20)11-12-19(23)17-8-6-9-18(14-17)21-15(2)22/h3-12,14H,1,13H2,2H3,(H,21,22)/b12-11+. The Balaban J connectivity index is 2.16. The predicted octanol–water partition coefficient (Wildman–Crippen LogP) is 4.11. The molecule has 0 unspecified atom stereocenters. The molecule has 0 atom stereocenters. The highest BCUT2D eigenvalue weighted by Crippen LogP contribution is 2.20. The Morgan fingerprint density at radius 1 is 1.17 bits per heavy atom. The van der Waals surface area contributed by atoms with Gasteiger partial charge in [0.1, 0.15) is 12.4 Å². The van der Waals surface area contributed by atoms with Gasteiger partial charge in [0.25, 0.3) is 0 Å². The molecule has 0 aliphatic rings. The lowest BCUT2D eigenvalue weighted by Gasteiger charge is -2.06. The molecule has 0 aliphatic carbocycles. The molecule has 0 fully saturated rings. The molecule has 0 spiro atoms. The zero-order valence-corrected chi connectivity index (χ0v) is 13.5. The number of hydrogen-bond acceptors (Lipinski definition) is 3. The van der Waals surface area contributed by atoms with E-state index >= 15 is 0 Å². The van der Waals surface area contributed by atoms with Crippen molar-refractivity contribution >= 4 is 23.5 Å². The van der Waals surface area contributed by atoms with E-state index in [2.05, 4.69) is 11.9 Å². The number of para-hydroxylation sites is 1. The molecule has 0 aliphatic heterocycles. The van der Waals surface area contributed by atoms with Crippen molar-refractivity contribution in [3.63, 3.8) is 0 Å². The fourth-order valence-electron chi connectivity index (χ4n) is 2.11. The van der Waals surface area contributed by atoms with Crippen molar-refractivity contribution in [2.45, 2.75) is 6.92 Å². The van der Waals surface area contributed by atoms with E-state index in [0.717, 1.165) is 5.56 Å². The molecule has 4 heteroatoms. The molecule has 2 rings (SSSR count). The molecular weight excluding hydrogens is 302 g/mol. The first kappa shape index (κ1) is 17.2. The highest BCUT2D eigenvalue weighted by atomic mass is 16.5. The van der Waals surface area contributed by atoms with Crippen LogP contribution in [-0.2, 0) is 4.79 Å². The van der Waals surface area contributed by atoms with Gasteiger partial charge in [-0.05, 0) is 30.4 Å². The first-order chi connectivity index (χ1) is 11.6. The molecule has 1 N–H and O–H groups in total. The highest BCUT2D eigenvalue weighted by Gasteiger charge is 2.05. The first-order valence-electron chi connectivity index (χ1n) is 7.53. The van der Waals surface area contributed by atoms with Gasteiger partial charge in [-0.25, -0.2) is 0 Å². The minimum absolute atomic E-state index is 0.152. The maximum absolute atomic E-state index is 12.3. The van der Waals surface area contributed by atoms with Crippen molar-refractivity contribution in [2.24, 2.45) is 0 Å². The van der Waals surface area contributed by atoms with Crippen LogP contribution in [0.15, 0.2) is 67.3 Å². The lowest BCUT2D eigenvalue weighted by Crippen LogP contribution is -2.06. The van der Waals surface area contributed by atoms with Crippen LogP contribution in [0.2, 0.25) is 0 Å². The van der Waals surface area contributed by atoms with Gasteiger partial charge in [0.05, 0.1) is 0 Å². The third kappa shape index (κ3) is 4.95. The fourth-order valence-corrected chi connectivity index (χ4v) is 2.11. The summed E-state index contributed by atoms with van der Waals surface area (Å²) < 4.78 is 5.56. The summed E-state index contributed by atoms with van der Waals surface area (Å²) in [6.07, 6.45) is 4.87. The Morgan fingerprint density at radius 2 is 1.96 bits per heavy atom. The number of nitrogens with one attached hydrogen (secondary N) is 1. The van der Waals surface area contributed by atoms with Crippen LogP contribution in [0.3, 0.4) is 0 Å². The second-order valence-electron chi connectivity index (χ2n) is 5.10. The Hall–Kier alpha value is -3.14. The molecule has 0 bridgehead atoms. The Kier molecular flexibility index (Phi) is 6.08.